The maximum Gasteiger partial charge on any atom is 0.348 e. The molecule has 0 unspecified atom stereocenters. The van der Waals surface area contributed by atoms with Crippen LogP contribution in [0.3, 0.4) is 0 Å². The predicted octanol–water partition coefficient (Wildman–Crippen LogP) is 1.44. The van der Waals surface area contributed by atoms with Gasteiger partial charge in [0.2, 0.25) is 5.28 Å². The molecule has 180 valence electrons. The highest BCUT2D eigenvalue weighted by atomic mass is 35.5. The summed E-state index contributed by atoms with van der Waals surface area (Å²) in [6, 6.07) is 6.12. The molecule has 1 aliphatic rings. The summed E-state index contributed by atoms with van der Waals surface area (Å²) in [4.78, 5) is 35.8. The molecule has 0 spiro atoms. The number of benzene rings is 1. The van der Waals surface area contributed by atoms with Crippen LogP contribution in [0, 0.1) is 0 Å². The van der Waals surface area contributed by atoms with Crippen molar-refractivity contribution in [3.05, 3.63) is 41.4 Å². The second-order valence-electron chi connectivity index (χ2n) is 7.77. The number of ether oxygens (including phenoxy) is 2. The van der Waals surface area contributed by atoms with Crippen molar-refractivity contribution in [3.63, 3.8) is 0 Å². The second-order valence-corrected chi connectivity index (χ2v) is 8.11. The zero-order chi connectivity index (χ0) is 24.6. The third kappa shape index (κ3) is 4.32. The van der Waals surface area contributed by atoms with Crippen LogP contribution in [0.5, 0.6) is 0 Å². The number of carboxylic acids is 2. The number of halogens is 2. The molecule has 1 fully saturated rings. The number of hydrogen-bond donors (Lipinski definition) is 4. The van der Waals surface area contributed by atoms with E-state index in [4.69, 9.17) is 32.5 Å². The molecule has 0 radical (unpaired) electrons. The van der Waals surface area contributed by atoms with Crippen molar-refractivity contribution in [2.75, 3.05) is 18.1 Å². The van der Waals surface area contributed by atoms with Gasteiger partial charge in [-0.1, -0.05) is 12.1 Å². The van der Waals surface area contributed by atoms with E-state index in [0.717, 1.165) is 0 Å². The first-order chi connectivity index (χ1) is 16.1. The molecule has 3 aromatic rings. The van der Waals surface area contributed by atoms with Crippen molar-refractivity contribution < 1.29 is 33.7 Å². The molecule has 0 amide bonds. The first-order valence-corrected chi connectivity index (χ1v) is 10.4. The number of nitrogens with two attached hydrogens (primary N) is 2. The molecule has 14 heteroatoms. The Labute approximate surface area is 196 Å². The fourth-order valence-corrected chi connectivity index (χ4v) is 3.96. The number of imidazole rings is 1. The van der Waals surface area contributed by atoms with Gasteiger partial charge in [0, 0.05) is 18.5 Å². The molecule has 6 N–H and O–H groups in total. The summed E-state index contributed by atoms with van der Waals surface area (Å²) in [5.74, 6) is -3.41. The van der Waals surface area contributed by atoms with Crippen LogP contribution in [0.1, 0.15) is 18.2 Å². The third-order valence-corrected chi connectivity index (χ3v) is 5.60. The number of alkyl halides is 1. The van der Waals surface area contributed by atoms with Gasteiger partial charge in [-0.15, -0.1) is 0 Å². The van der Waals surface area contributed by atoms with Crippen molar-refractivity contribution in [3.8, 4) is 0 Å². The van der Waals surface area contributed by atoms with E-state index >= 15 is 0 Å². The van der Waals surface area contributed by atoms with Crippen LogP contribution in [0.2, 0.25) is 5.28 Å². The number of aromatic nitrogens is 4. The number of rotatable bonds is 8. The number of anilines is 2. The molecule has 0 aliphatic carbocycles. The number of carboxylic acid groups (broad SMARTS) is 2. The fraction of sp³-hybridized carbons (Fsp3) is 0.350. The number of hydrogen-bond acceptors (Lipinski definition) is 9. The summed E-state index contributed by atoms with van der Waals surface area (Å²) in [7, 11) is 0. The molecule has 1 aromatic carbocycles. The van der Waals surface area contributed by atoms with E-state index in [1.54, 1.807) is 12.1 Å². The molecule has 1 aliphatic heterocycles. The lowest BCUT2D eigenvalue weighted by Crippen LogP contribution is -2.52. The van der Waals surface area contributed by atoms with Crippen LogP contribution >= 0.6 is 11.6 Å². The van der Waals surface area contributed by atoms with Crippen LogP contribution in [-0.4, -0.2) is 66.2 Å². The van der Waals surface area contributed by atoms with Gasteiger partial charge >= 0.3 is 11.9 Å². The van der Waals surface area contributed by atoms with Gasteiger partial charge in [0.05, 0.1) is 19.0 Å². The SMILES string of the molecule is Nc1cccc(CC(OC[C@@H]2C[C@H](F)[C@H](n3cnc4c(N)nc(Cl)nc43)O2)(C(=O)O)C(=O)O)c1. The predicted molar refractivity (Wildman–Crippen MR) is 117 cm³/mol. The molecule has 3 atom stereocenters. The average Bonchev–Trinajstić information content (AvgIpc) is 3.33. The summed E-state index contributed by atoms with van der Waals surface area (Å²) >= 11 is 5.84. The van der Waals surface area contributed by atoms with Crippen molar-refractivity contribution in [1.82, 2.24) is 19.5 Å². The quantitative estimate of drug-likeness (QED) is 0.201. The molecule has 3 heterocycles. The van der Waals surface area contributed by atoms with Gasteiger partial charge in [0.1, 0.15) is 11.7 Å². The van der Waals surface area contributed by atoms with E-state index in [2.05, 4.69) is 15.0 Å². The topological polar surface area (TPSA) is 189 Å². The van der Waals surface area contributed by atoms with Gasteiger partial charge in [-0.25, -0.2) is 19.0 Å². The summed E-state index contributed by atoms with van der Waals surface area (Å²) < 4.78 is 27.3. The third-order valence-electron chi connectivity index (χ3n) is 5.44. The van der Waals surface area contributed by atoms with E-state index in [9.17, 15) is 24.2 Å². The highest BCUT2D eigenvalue weighted by molar-refractivity contribution is 6.28. The standard InChI is InChI=1S/C20H20ClFN6O6/c21-19-26-14(24)13-15(27-19)28(8-25-13)16-12(22)5-11(34-16)7-33-20(17(29)30,18(31)32)6-9-2-1-3-10(23)4-9/h1-4,8,11-12,16H,5-7,23H2,(H,29,30)(H,31,32)(H2,24,26,27)/t11-,12-,16+/m0/s1. The van der Waals surface area contributed by atoms with Crippen LogP contribution < -0.4 is 11.5 Å². The second kappa shape index (κ2) is 9.00. The van der Waals surface area contributed by atoms with E-state index in [1.807, 2.05) is 0 Å². The lowest BCUT2D eigenvalue weighted by Gasteiger charge is -2.27. The molecule has 1 saturated heterocycles. The van der Waals surface area contributed by atoms with Crippen LogP contribution in [-0.2, 0) is 25.5 Å². The molecule has 0 saturated carbocycles. The molecule has 34 heavy (non-hydrogen) atoms. The van der Waals surface area contributed by atoms with Crippen LogP contribution in [0.25, 0.3) is 11.2 Å². The Morgan fingerprint density at radius 1 is 1.29 bits per heavy atom. The van der Waals surface area contributed by atoms with Crippen LogP contribution in [0.15, 0.2) is 30.6 Å². The Morgan fingerprint density at radius 2 is 2.03 bits per heavy atom. The highest BCUT2D eigenvalue weighted by Crippen LogP contribution is 2.35. The van der Waals surface area contributed by atoms with E-state index in [0.29, 0.717) is 11.3 Å². The van der Waals surface area contributed by atoms with E-state index in [1.165, 1.54) is 23.0 Å². The van der Waals surface area contributed by atoms with Gasteiger partial charge in [0.15, 0.2) is 17.7 Å². The van der Waals surface area contributed by atoms with Gasteiger partial charge in [0.25, 0.3) is 5.60 Å². The maximum atomic E-state index is 14.9. The molecular formula is C20H20ClFN6O6. The van der Waals surface area contributed by atoms with Crippen molar-refractivity contribution in [2.24, 2.45) is 0 Å². The van der Waals surface area contributed by atoms with Gasteiger partial charge in [-0.2, -0.15) is 9.97 Å². The number of nitrogens with zero attached hydrogens (tertiary/aromatic N) is 4. The van der Waals surface area contributed by atoms with Crippen molar-refractivity contribution in [1.29, 1.82) is 0 Å². The smallest absolute Gasteiger partial charge is 0.348 e. The van der Waals surface area contributed by atoms with Gasteiger partial charge in [-0.3, -0.25) is 4.57 Å². The monoisotopic (exact) mass is 494 g/mol. The zero-order valence-electron chi connectivity index (χ0n) is 17.5. The van der Waals surface area contributed by atoms with Gasteiger partial charge < -0.3 is 31.2 Å². The summed E-state index contributed by atoms with van der Waals surface area (Å²) in [6.45, 7) is -0.498. The Kier molecular flexibility index (Phi) is 6.25. The average molecular weight is 495 g/mol. The lowest BCUT2D eigenvalue weighted by atomic mass is 9.94. The maximum absolute atomic E-state index is 14.9. The minimum absolute atomic E-state index is 0.0105. The summed E-state index contributed by atoms with van der Waals surface area (Å²) in [5, 5.41) is 19.3. The molecular weight excluding hydrogens is 475 g/mol. The molecule has 2 aromatic heterocycles. The highest BCUT2D eigenvalue weighted by Gasteiger charge is 2.50. The number of aliphatic carboxylic acids is 2. The Bertz CT molecular complexity index is 1240. The lowest BCUT2D eigenvalue weighted by molar-refractivity contribution is -0.188. The minimum atomic E-state index is -2.63. The van der Waals surface area contributed by atoms with Crippen LogP contribution in [0.4, 0.5) is 15.9 Å². The molecule has 12 nitrogen and oxygen atoms in total. The Hall–Kier alpha value is -3.55. The number of carbonyl (C=O) groups is 2. The summed E-state index contributed by atoms with van der Waals surface area (Å²) in [5.41, 5.74) is 9.89. The fourth-order valence-electron chi connectivity index (χ4n) is 3.79. The first kappa shape index (κ1) is 23.6. The van der Waals surface area contributed by atoms with Gasteiger partial charge in [-0.05, 0) is 29.3 Å². The first-order valence-electron chi connectivity index (χ1n) is 10.0. The molecule has 4 rings (SSSR count). The number of fused-ring (bicyclic) bond motifs is 1. The van der Waals surface area contributed by atoms with E-state index in [-0.39, 0.29) is 28.7 Å². The Balaban J connectivity index is 1.53. The summed E-state index contributed by atoms with van der Waals surface area (Å²) in [6.07, 6.45) is -3.12. The normalized spacial score (nSPS) is 20.6. The zero-order valence-corrected chi connectivity index (χ0v) is 18.2. The molecule has 0 bridgehead atoms. The van der Waals surface area contributed by atoms with Crippen molar-refractivity contribution in [2.45, 2.75) is 36.9 Å². The largest absolute Gasteiger partial charge is 0.479 e. The Morgan fingerprint density at radius 3 is 2.71 bits per heavy atom. The number of nitrogen functional groups attached to an aromatic ring is 2. The minimum Gasteiger partial charge on any atom is -0.479 e. The van der Waals surface area contributed by atoms with E-state index < -0.39 is 49.1 Å². The van der Waals surface area contributed by atoms with Crippen molar-refractivity contribution >= 4 is 46.2 Å².